The van der Waals surface area contributed by atoms with E-state index < -0.39 is 0 Å². The Morgan fingerprint density at radius 3 is 2.50 bits per heavy atom. The molecule has 0 saturated carbocycles. The zero-order valence-corrected chi connectivity index (χ0v) is 10.4. The Labute approximate surface area is 106 Å². The maximum Gasteiger partial charge on any atom is 0.337 e. The lowest BCUT2D eigenvalue weighted by Crippen LogP contribution is -2.02. The van der Waals surface area contributed by atoms with Crippen LogP contribution in [0, 0.1) is 6.92 Å². The third kappa shape index (κ3) is 2.91. The largest absolute Gasteiger partial charge is 0.465 e. The van der Waals surface area contributed by atoms with E-state index in [1.54, 1.807) is 12.1 Å². The summed E-state index contributed by atoms with van der Waals surface area (Å²) in [5.74, 6) is 1.44. The molecule has 0 fully saturated rings. The average Bonchev–Trinajstić information content (AvgIpc) is 2.82. The number of hydrogen-bond acceptors (Lipinski definition) is 4. The van der Waals surface area contributed by atoms with Crippen LogP contribution in [0.15, 0.2) is 40.8 Å². The van der Waals surface area contributed by atoms with Gasteiger partial charge in [-0.15, -0.1) is 0 Å². The molecule has 0 amide bonds. The van der Waals surface area contributed by atoms with Crippen molar-refractivity contribution in [2.75, 3.05) is 12.4 Å². The van der Waals surface area contributed by atoms with Gasteiger partial charge in [-0.25, -0.2) is 4.79 Å². The third-order valence-corrected chi connectivity index (χ3v) is 2.57. The van der Waals surface area contributed by atoms with Crippen molar-refractivity contribution in [2.45, 2.75) is 13.5 Å². The fraction of sp³-hybridized carbons (Fsp3) is 0.214. The van der Waals surface area contributed by atoms with Crippen molar-refractivity contribution < 1.29 is 13.9 Å². The van der Waals surface area contributed by atoms with E-state index in [2.05, 4.69) is 10.1 Å². The van der Waals surface area contributed by atoms with Crippen LogP contribution in [0.5, 0.6) is 0 Å². The number of carbonyl (C=O) groups excluding carboxylic acids is 1. The molecule has 0 unspecified atom stereocenters. The molecule has 0 aliphatic heterocycles. The summed E-state index contributed by atoms with van der Waals surface area (Å²) < 4.78 is 10.1. The number of esters is 1. The molecule has 4 heteroatoms. The van der Waals surface area contributed by atoms with Gasteiger partial charge >= 0.3 is 5.97 Å². The standard InChI is InChI=1S/C14H15NO3/c1-10-3-8-13(18-10)9-15-12-6-4-11(5-7-12)14(16)17-2/h3-8,15H,9H2,1-2H3. The van der Waals surface area contributed by atoms with E-state index in [4.69, 9.17) is 4.42 Å². The maximum absolute atomic E-state index is 11.2. The highest BCUT2D eigenvalue weighted by molar-refractivity contribution is 5.89. The number of aryl methyl sites for hydroxylation is 1. The van der Waals surface area contributed by atoms with E-state index in [0.29, 0.717) is 12.1 Å². The zero-order chi connectivity index (χ0) is 13.0. The van der Waals surface area contributed by atoms with Gasteiger partial charge in [0.1, 0.15) is 11.5 Å². The van der Waals surface area contributed by atoms with Gasteiger partial charge in [0.05, 0.1) is 19.2 Å². The molecule has 94 valence electrons. The molecule has 18 heavy (non-hydrogen) atoms. The maximum atomic E-state index is 11.2. The second-order valence-electron chi connectivity index (χ2n) is 3.93. The summed E-state index contributed by atoms with van der Waals surface area (Å²) in [6, 6.07) is 11.0. The van der Waals surface area contributed by atoms with Crippen molar-refractivity contribution in [1.29, 1.82) is 0 Å². The van der Waals surface area contributed by atoms with E-state index in [9.17, 15) is 4.79 Å². The van der Waals surface area contributed by atoms with Gasteiger partial charge in [-0.05, 0) is 43.3 Å². The summed E-state index contributed by atoms with van der Waals surface area (Å²) in [5, 5.41) is 3.21. The van der Waals surface area contributed by atoms with Gasteiger partial charge in [-0.1, -0.05) is 0 Å². The Balaban J connectivity index is 1.96. The lowest BCUT2D eigenvalue weighted by Gasteiger charge is -2.05. The second-order valence-corrected chi connectivity index (χ2v) is 3.93. The molecule has 0 radical (unpaired) electrons. The number of methoxy groups -OCH3 is 1. The number of rotatable bonds is 4. The monoisotopic (exact) mass is 245 g/mol. The van der Waals surface area contributed by atoms with Crippen molar-refractivity contribution >= 4 is 11.7 Å². The van der Waals surface area contributed by atoms with Gasteiger partial charge < -0.3 is 14.5 Å². The molecular formula is C14H15NO3. The Morgan fingerprint density at radius 2 is 1.94 bits per heavy atom. The molecule has 2 rings (SSSR count). The number of carbonyl (C=O) groups is 1. The summed E-state index contributed by atoms with van der Waals surface area (Å²) in [5.41, 5.74) is 1.47. The Kier molecular flexibility index (Phi) is 3.67. The lowest BCUT2D eigenvalue weighted by molar-refractivity contribution is 0.0601. The first kappa shape index (κ1) is 12.2. The molecule has 4 nitrogen and oxygen atoms in total. The van der Waals surface area contributed by atoms with Crippen LogP contribution in [0.25, 0.3) is 0 Å². The molecule has 0 saturated heterocycles. The number of furan rings is 1. The highest BCUT2D eigenvalue weighted by Gasteiger charge is 2.04. The second kappa shape index (κ2) is 5.40. The molecule has 1 N–H and O–H groups in total. The number of ether oxygens (including phenoxy) is 1. The smallest absolute Gasteiger partial charge is 0.337 e. The van der Waals surface area contributed by atoms with Crippen LogP contribution in [0.4, 0.5) is 5.69 Å². The molecule has 0 aliphatic rings. The van der Waals surface area contributed by atoms with Crippen molar-refractivity contribution in [3.63, 3.8) is 0 Å². The average molecular weight is 245 g/mol. The molecular weight excluding hydrogens is 230 g/mol. The SMILES string of the molecule is COC(=O)c1ccc(NCc2ccc(C)o2)cc1. The van der Waals surface area contributed by atoms with Gasteiger partial charge in [0.2, 0.25) is 0 Å². The Bertz CT molecular complexity index is 528. The Morgan fingerprint density at radius 1 is 1.22 bits per heavy atom. The molecule has 0 bridgehead atoms. The van der Waals surface area contributed by atoms with Gasteiger partial charge in [0.15, 0.2) is 0 Å². The van der Waals surface area contributed by atoms with Gasteiger partial charge in [0.25, 0.3) is 0 Å². The first-order chi connectivity index (χ1) is 8.69. The molecule has 0 aliphatic carbocycles. The summed E-state index contributed by atoms with van der Waals surface area (Å²) in [6.07, 6.45) is 0. The quantitative estimate of drug-likeness (QED) is 0.841. The molecule has 0 spiro atoms. The van der Waals surface area contributed by atoms with Crippen LogP contribution >= 0.6 is 0 Å². The number of benzene rings is 1. The van der Waals surface area contributed by atoms with Crippen molar-refractivity contribution in [3.05, 3.63) is 53.5 Å². The predicted octanol–water partition coefficient (Wildman–Crippen LogP) is 2.99. The summed E-state index contributed by atoms with van der Waals surface area (Å²) in [4.78, 5) is 11.2. The predicted molar refractivity (Wildman–Crippen MR) is 68.6 cm³/mol. The van der Waals surface area contributed by atoms with Gasteiger partial charge in [-0.2, -0.15) is 0 Å². The molecule has 1 aromatic heterocycles. The van der Waals surface area contributed by atoms with Crippen LogP contribution in [-0.4, -0.2) is 13.1 Å². The number of hydrogen-bond donors (Lipinski definition) is 1. The highest BCUT2D eigenvalue weighted by Crippen LogP contribution is 2.13. The van der Waals surface area contributed by atoms with Crippen LogP contribution in [0.2, 0.25) is 0 Å². The van der Waals surface area contributed by atoms with Crippen molar-refractivity contribution in [1.82, 2.24) is 0 Å². The molecule has 1 aromatic carbocycles. The van der Waals surface area contributed by atoms with E-state index in [1.807, 2.05) is 31.2 Å². The van der Waals surface area contributed by atoms with E-state index in [0.717, 1.165) is 17.2 Å². The normalized spacial score (nSPS) is 10.1. The van der Waals surface area contributed by atoms with Crippen LogP contribution < -0.4 is 5.32 Å². The van der Waals surface area contributed by atoms with Crippen molar-refractivity contribution in [3.8, 4) is 0 Å². The minimum Gasteiger partial charge on any atom is -0.465 e. The highest BCUT2D eigenvalue weighted by atomic mass is 16.5. The van der Waals surface area contributed by atoms with Gasteiger partial charge in [0, 0.05) is 5.69 Å². The van der Waals surface area contributed by atoms with Crippen LogP contribution in [0.3, 0.4) is 0 Å². The fourth-order valence-corrected chi connectivity index (χ4v) is 1.61. The Hall–Kier alpha value is -2.23. The minimum absolute atomic E-state index is 0.330. The summed E-state index contributed by atoms with van der Waals surface area (Å²) in [6.45, 7) is 2.53. The fourth-order valence-electron chi connectivity index (χ4n) is 1.61. The van der Waals surface area contributed by atoms with Crippen molar-refractivity contribution in [2.24, 2.45) is 0 Å². The molecule has 2 aromatic rings. The third-order valence-electron chi connectivity index (χ3n) is 2.57. The first-order valence-electron chi connectivity index (χ1n) is 5.66. The molecule has 0 atom stereocenters. The number of nitrogens with one attached hydrogen (secondary N) is 1. The van der Waals surface area contributed by atoms with E-state index in [-0.39, 0.29) is 5.97 Å². The van der Waals surface area contributed by atoms with Crippen LogP contribution in [-0.2, 0) is 11.3 Å². The summed E-state index contributed by atoms with van der Waals surface area (Å²) in [7, 11) is 1.37. The molecule has 1 heterocycles. The summed E-state index contributed by atoms with van der Waals surface area (Å²) >= 11 is 0. The number of anilines is 1. The topological polar surface area (TPSA) is 51.5 Å². The minimum atomic E-state index is -0.330. The zero-order valence-electron chi connectivity index (χ0n) is 10.4. The first-order valence-corrected chi connectivity index (χ1v) is 5.66. The van der Waals surface area contributed by atoms with Crippen LogP contribution in [0.1, 0.15) is 21.9 Å². The van der Waals surface area contributed by atoms with E-state index in [1.165, 1.54) is 7.11 Å². The lowest BCUT2D eigenvalue weighted by atomic mass is 10.2. The van der Waals surface area contributed by atoms with E-state index >= 15 is 0 Å². The van der Waals surface area contributed by atoms with Gasteiger partial charge in [-0.3, -0.25) is 0 Å².